The normalized spacial score (nSPS) is 15.7. The second kappa shape index (κ2) is 8.90. The molecule has 0 saturated heterocycles. The van der Waals surface area contributed by atoms with Crippen LogP contribution < -0.4 is 5.32 Å². The number of halogens is 2. The van der Waals surface area contributed by atoms with Crippen molar-refractivity contribution >= 4 is 45.2 Å². The molecule has 0 spiro atoms. The number of anilines is 1. The van der Waals surface area contributed by atoms with Gasteiger partial charge >= 0.3 is 6.09 Å². The minimum atomic E-state index is -0.591. The standard InChI is InChI=1S/C23H18BrClN2O3/c24-16-10-11-20-18(12-16)22(17-8-4-5-9-19(17)25)27(13-21(28)26-20)23(29)30-14-15-6-2-1-3-7-15/h1-12,22H,13-14H2,(H,26,28)/t22-/m0/s1. The lowest BCUT2D eigenvalue weighted by Crippen LogP contribution is -2.39. The van der Waals surface area contributed by atoms with Gasteiger partial charge in [-0.2, -0.15) is 0 Å². The summed E-state index contributed by atoms with van der Waals surface area (Å²) in [7, 11) is 0. The first-order valence-electron chi connectivity index (χ1n) is 9.34. The van der Waals surface area contributed by atoms with E-state index in [0.29, 0.717) is 16.3 Å². The number of rotatable bonds is 3. The predicted molar refractivity (Wildman–Crippen MR) is 119 cm³/mol. The zero-order valence-electron chi connectivity index (χ0n) is 15.8. The number of nitrogens with zero attached hydrogens (tertiary/aromatic N) is 1. The SMILES string of the molecule is O=C1CN(C(=O)OCc2ccccc2)[C@@H](c2ccccc2Cl)c2cc(Br)ccc2N1. The van der Waals surface area contributed by atoms with Gasteiger partial charge in [-0.3, -0.25) is 9.69 Å². The van der Waals surface area contributed by atoms with Crippen molar-refractivity contribution in [2.45, 2.75) is 12.6 Å². The van der Waals surface area contributed by atoms with Crippen molar-refractivity contribution in [1.29, 1.82) is 0 Å². The molecule has 1 aliphatic heterocycles. The summed E-state index contributed by atoms with van der Waals surface area (Å²) in [5.41, 5.74) is 2.96. The van der Waals surface area contributed by atoms with Crippen molar-refractivity contribution in [2.75, 3.05) is 11.9 Å². The fourth-order valence-corrected chi connectivity index (χ4v) is 4.10. The quantitative estimate of drug-likeness (QED) is 0.511. The average molecular weight is 486 g/mol. The number of benzene rings is 3. The fourth-order valence-electron chi connectivity index (χ4n) is 3.48. The van der Waals surface area contributed by atoms with Gasteiger partial charge in [-0.1, -0.05) is 76.1 Å². The van der Waals surface area contributed by atoms with Crippen LogP contribution in [-0.4, -0.2) is 23.4 Å². The van der Waals surface area contributed by atoms with E-state index in [4.69, 9.17) is 16.3 Å². The Bertz CT molecular complexity index is 1090. The Labute approximate surface area is 187 Å². The molecule has 5 nitrogen and oxygen atoms in total. The van der Waals surface area contributed by atoms with Crippen LogP contribution in [0.3, 0.4) is 0 Å². The van der Waals surface area contributed by atoms with Crippen LogP contribution >= 0.6 is 27.5 Å². The molecule has 3 aromatic rings. The van der Waals surface area contributed by atoms with Gasteiger partial charge in [0.1, 0.15) is 13.2 Å². The third-order valence-electron chi connectivity index (χ3n) is 4.85. The highest BCUT2D eigenvalue weighted by Crippen LogP contribution is 2.40. The first-order chi connectivity index (χ1) is 14.5. The summed E-state index contributed by atoms with van der Waals surface area (Å²) < 4.78 is 6.39. The molecule has 0 bridgehead atoms. The van der Waals surface area contributed by atoms with E-state index in [1.54, 1.807) is 12.1 Å². The van der Waals surface area contributed by atoms with Gasteiger partial charge in [-0.05, 0) is 35.4 Å². The summed E-state index contributed by atoms with van der Waals surface area (Å²) in [4.78, 5) is 27.1. The van der Waals surface area contributed by atoms with Crippen molar-refractivity contribution in [2.24, 2.45) is 0 Å². The molecule has 0 saturated carbocycles. The fraction of sp³-hybridized carbons (Fsp3) is 0.130. The van der Waals surface area contributed by atoms with Crippen molar-refractivity contribution < 1.29 is 14.3 Å². The van der Waals surface area contributed by atoms with E-state index in [-0.39, 0.29) is 19.1 Å². The van der Waals surface area contributed by atoms with Crippen molar-refractivity contribution in [3.05, 3.63) is 99.0 Å². The topological polar surface area (TPSA) is 58.6 Å². The summed E-state index contributed by atoms with van der Waals surface area (Å²) in [5.74, 6) is -0.301. The summed E-state index contributed by atoms with van der Waals surface area (Å²) in [5, 5.41) is 3.38. The van der Waals surface area contributed by atoms with Crippen LogP contribution in [0.15, 0.2) is 77.3 Å². The van der Waals surface area contributed by atoms with Gasteiger partial charge in [0, 0.05) is 20.7 Å². The molecular formula is C23H18BrClN2O3. The average Bonchev–Trinajstić information content (AvgIpc) is 2.89. The number of hydrogen-bond acceptors (Lipinski definition) is 3. The summed E-state index contributed by atoms with van der Waals surface area (Å²) in [6, 6.07) is 21.6. The Morgan fingerprint density at radius 2 is 1.80 bits per heavy atom. The van der Waals surface area contributed by atoms with E-state index < -0.39 is 12.1 Å². The van der Waals surface area contributed by atoms with E-state index >= 15 is 0 Å². The molecule has 30 heavy (non-hydrogen) atoms. The molecular weight excluding hydrogens is 468 g/mol. The summed E-state index contributed by atoms with van der Waals surface area (Å²) in [6.45, 7) is -0.0474. The van der Waals surface area contributed by atoms with Crippen LogP contribution in [0.5, 0.6) is 0 Å². The molecule has 0 unspecified atom stereocenters. The van der Waals surface area contributed by atoms with Gasteiger partial charge in [-0.25, -0.2) is 4.79 Å². The molecule has 3 aromatic carbocycles. The number of fused-ring (bicyclic) bond motifs is 1. The zero-order valence-corrected chi connectivity index (χ0v) is 18.2. The van der Waals surface area contributed by atoms with Crippen LogP contribution in [0.1, 0.15) is 22.7 Å². The highest BCUT2D eigenvalue weighted by Gasteiger charge is 2.35. The Morgan fingerprint density at radius 1 is 1.07 bits per heavy atom. The number of amides is 2. The lowest BCUT2D eigenvalue weighted by Gasteiger charge is -2.30. The van der Waals surface area contributed by atoms with Crippen molar-refractivity contribution in [3.63, 3.8) is 0 Å². The first-order valence-corrected chi connectivity index (χ1v) is 10.5. The maximum atomic E-state index is 13.1. The maximum Gasteiger partial charge on any atom is 0.411 e. The lowest BCUT2D eigenvalue weighted by atomic mass is 9.96. The molecule has 0 radical (unpaired) electrons. The van der Waals surface area contributed by atoms with E-state index in [1.165, 1.54) is 4.90 Å². The maximum absolute atomic E-state index is 13.1. The minimum absolute atomic E-state index is 0.109. The van der Waals surface area contributed by atoms with Crippen LogP contribution in [0.2, 0.25) is 5.02 Å². The van der Waals surface area contributed by atoms with Gasteiger partial charge in [0.2, 0.25) is 5.91 Å². The Morgan fingerprint density at radius 3 is 2.57 bits per heavy atom. The summed E-state index contributed by atoms with van der Waals surface area (Å²) >= 11 is 9.99. The van der Waals surface area contributed by atoms with Crippen LogP contribution in [0.25, 0.3) is 0 Å². The third-order valence-corrected chi connectivity index (χ3v) is 5.68. The first kappa shape index (κ1) is 20.4. The van der Waals surface area contributed by atoms with E-state index in [0.717, 1.165) is 15.6 Å². The highest BCUT2D eigenvalue weighted by atomic mass is 79.9. The molecule has 0 aliphatic carbocycles. The summed E-state index contributed by atoms with van der Waals surface area (Å²) in [6.07, 6.45) is -0.591. The molecule has 0 fully saturated rings. The second-order valence-corrected chi connectivity index (χ2v) is 8.19. The highest BCUT2D eigenvalue weighted by molar-refractivity contribution is 9.10. The molecule has 152 valence electrons. The number of carbonyl (C=O) groups excluding carboxylic acids is 2. The molecule has 1 N–H and O–H groups in total. The molecule has 1 aliphatic rings. The van der Waals surface area contributed by atoms with E-state index in [9.17, 15) is 9.59 Å². The van der Waals surface area contributed by atoms with Crippen LogP contribution in [-0.2, 0) is 16.1 Å². The second-order valence-electron chi connectivity index (χ2n) is 6.87. The Hall–Kier alpha value is -2.83. The van der Waals surface area contributed by atoms with Gasteiger partial charge < -0.3 is 10.1 Å². The molecule has 7 heteroatoms. The van der Waals surface area contributed by atoms with E-state index in [1.807, 2.05) is 60.7 Å². The largest absolute Gasteiger partial charge is 0.445 e. The van der Waals surface area contributed by atoms with Crippen molar-refractivity contribution in [1.82, 2.24) is 4.90 Å². The predicted octanol–water partition coefficient (Wildman–Crippen LogP) is 5.78. The van der Waals surface area contributed by atoms with Crippen LogP contribution in [0, 0.1) is 0 Å². The van der Waals surface area contributed by atoms with Gasteiger partial charge in [0.25, 0.3) is 0 Å². The Balaban J connectivity index is 1.75. The number of nitrogens with one attached hydrogen (secondary N) is 1. The third kappa shape index (κ3) is 4.35. The van der Waals surface area contributed by atoms with Crippen LogP contribution in [0.4, 0.5) is 10.5 Å². The number of carbonyl (C=O) groups is 2. The lowest BCUT2D eigenvalue weighted by molar-refractivity contribution is -0.117. The number of hydrogen-bond donors (Lipinski definition) is 1. The molecule has 2 amide bonds. The van der Waals surface area contributed by atoms with E-state index in [2.05, 4.69) is 21.2 Å². The zero-order chi connectivity index (χ0) is 21.1. The van der Waals surface area contributed by atoms with Gasteiger partial charge in [0.05, 0.1) is 6.04 Å². The number of ether oxygens (including phenoxy) is 1. The minimum Gasteiger partial charge on any atom is -0.445 e. The molecule has 0 aromatic heterocycles. The van der Waals surface area contributed by atoms with Gasteiger partial charge in [-0.15, -0.1) is 0 Å². The molecule has 1 heterocycles. The molecule has 4 rings (SSSR count). The van der Waals surface area contributed by atoms with Gasteiger partial charge in [0.15, 0.2) is 0 Å². The Kier molecular flexibility index (Phi) is 6.06. The smallest absolute Gasteiger partial charge is 0.411 e. The monoisotopic (exact) mass is 484 g/mol. The van der Waals surface area contributed by atoms with Crippen molar-refractivity contribution in [3.8, 4) is 0 Å². The molecule has 1 atom stereocenters.